The largest absolute Gasteiger partial charge is 0.480 e. The molecule has 0 bridgehead atoms. The van der Waals surface area contributed by atoms with E-state index < -0.39 is 12.0 Å². The predicted octanol–water partition coefficient (Wildman–Crippen LogP) is 0.171. The van der Waals surface area contributed by atoms with E-state index in [9.17, 15) is 14.4 Å². The third kappa shape index (κ3) is 5.60. The van der Waals surface area contributed by atoms with Crippen LogP contribution in [0.1, 0.15) is 6.42 Å². The molecule has 7 heteroatoms. The number of aliphatic carboxylic acids is 1. The van der Waals surface area contributed by atoms with E-state index in [1.807, 2.05) is 0 Å². The number of hydrogen-bond acceptors (Lipinski definition) is 4. The number of thioether (sulfide) groups is 1. The average Bonchev–Trinajstić information content (AvgIpc) is 2.39. The highest BCUT2D eigenvalue weighted by molar-refractivity contribution is 7.99. The number of carbonyl (C=O) groups excluding carboxylic acids is 1. The van der Waals surface area contributed by atoms with Crippen molar-refractivity contribution in [3.63, 3.8) is 0 Å². The SMILES string of the molecule is O=CNC(CCSCCn1ccccc1=O)C(=O)O. The van der Waals surface area contributed by atoms with E-state index in [1.165, 1.54) is 6.07 Å². The lowest BCUT2D eigenvalue weighted by molar-refractivity contribution is -0.140. The Hall–Kier alpha value is -1.76. The van der Waals surface area contributed by atoms with E-state index in [1.54, 1.807) is 34.7 Å². The minimum Gasteiger partial charge on any atom is -0.480 e. The molecule has 0 aliphatic rings. The third-order valence-electron chi connectivity index (χ3n) is 2.49. The summed E-state index contributed by atoms with van der Waals surface area (Å²) in [6.45, 7) is 0.586. The normalized spacial score (nSPS) is 11.8. The van der Waals surface area contributed by atoms with Gasteiger partial charge in [0.2, 0.25) is 6.41 Å². The summed E-state index contributed by atoms with van der Waals surface area (Å²) in [5.74, 6) is 0.295. The number of aryl methyl sites for hydroxylation is 1. The Morgan fingerprint density at radius 3 is 2.89 bits per heavy atom. The molecule has 0 aliphatic heterocycles. The van der Waals surface area contributed by atoms with Crippen LogP contribution in [0.2, 0.25) is 0 Å². The van der Waals surface area contributed by atoms with E-state index in [2.05, 4.69) is 5.32 Å². The van der Waals surface area contributed by atoms with Crippen molar-refractivity contribution in [3.8, 4) is 0 Å². The molecule has 104 valence electrons. The van der Waals surface area contributed by atoms with Crippen molar-refractivity contribution in [1.82, 2.24) is 9.88 Å². The number of nitrogens with zero attached hydrogens (tertiary/aromatic N) is 1. The van der Waals surface area contributed by atoms with Crippen LogP contribution in [0.5, 0.6) is 0 Å². The van der Waals surface area contributed by atoms with Gasteiger partial charge in [-0.05, 0) is 18.2 Å². The van der Waals surface area contributed by atoms with Crippen LogP contribution in [0, 0.1) is 0 Å². The molecule has 19 heavy (non-hydrogen) atoms. The molecule has 1 rings (SSSR count). The zero-order chi connectivity index (χ0) is 14.1. The quantitative estimate of drug-likeness (QED) is 0.498. The van der Waals surface area contributed by atoms with Crippen molar-refractivity contribution in [1.29, 1.82) is 0 Å². The zero-order valence-corrected chi connectivity index (χ0v) is 11.1. The second-order valence-corrected chi connectivity index (χ2v) is 5.03. The molecular weight excluding hydrogens is 268 g/mol. The average molecular weight is 284 g/mol. The number of carboxylic acids is 1. The van der Waals surface area contributed by atoms with Gasteiger partial charge in [0.1, 0.15) is 6.04 Å². The van der Waals surface area contributed by atoms with Gasteiger partial charge in [-0.1, -0.05) is 6.07 Å². The van der Waals surface area contributed by atoms with Gasteiger partial charge in [-0.3, -0.25) is 9.59 Å². The number of nitrogens with one attached hydrogen (secondary N) is 1. The van der Waals surface area contributed by atoms with Crippen LogP contribution < -0.4 is 10.9 Å². The molecule has 6 nitrogen and oxygen atoms in total. The first-order valence-electron chi connectivity index (χ1n) is 5.81. The van der Waals surface area contributed by atoms with Crippen LogP contribution >= 0.6 is 11.8 Å². The molecule has 0 aromatic carbocycles. The van der Waals surface area contributed by atoms with Crippen LogP contribution in [0.4, 0.5) is 0 Å². The predicted molar refractivity (Wildman–Crippen MR) is 73.3 cm³/mol. The molecule has 0 aliphatic carbocycles. The van der Waals surface area contributed by atoms with E-state index in [0.717, 1.165) is 5.75 Å². The maximum atomic E-state index is 11.4. The van der Waals surface area contributed by atoms with Crippen LogP contribution in [0.25, 0.3) is 0 Å². The van der Waals surface area contributed by atoms with Crippen LogP contribution in [0.3, 0.4) is 0 Å². The second-order valence-electron chi connectivity index (χ2n) is 3.81. The molecule has 0 fully saturated rings. The molecule has 1 amide bonds. The Kier molecular flexibility index (Phi) is 6.73. The Morgan fingerprint density at radius 2 is 2.26 bits per heavy atom. The number of amides is 1. The van der Waals surface area contributed by atoms with Gasteiger partial charge in [0.15, 0.2) is 0 Å². The van der Waals surface area contributed by atoms with E-state index >= 15 is 0 Å². The van der Waals surface area contributed by atoms with E-state index in [0.29, 0.717) is 25.1 Å². The molecule has 1 aromatic rings. The van der Waals surface area contributed by atoms with Crippen LogP contribution in [-0.4, -0.2) is 39.6 Å². The number of pyridine rings is 1. The van der Waals surface area contributed by atoms with Crippen molar-refractivity contribution >= 4 is 24.1 Å². The minimum atomic E-state index is -1.04. The lowest BCUT2D eigenvalue weighted by Gasteiger charge is -2.10. The molecule has 0 saturated heterocycles. The lowest BCUT2D eigenvalue weighted by Crippen LogP contribution is -2.36. The van der Waals surface area contributed by atoms with Gasteiger partial charge >= 0.3 is 5.97 Å². The summed E-state index contributed by atoms with van der Waals surface area (Å²) in [5.41, 5.74) is -0.0471. The summed E-state index contributed by atoms with van der Waals surface area (Å²) in [7, 11) is 0. The van der Waals surface area contributed by atoms with Gasteiger partial charge in [0.05, 0.1) is 0 Å². The molecule has 2 N–H and O–H groups in total. The van der Waals surface area contributed by atoms with Crippen LogP contribution in [0.15, 0.2) is 29.2 Å². The van der Waals surface area contributed by atoms with Gasteiger partial charge in [-0.2, -0.15) is 11.8 Å². The fourth-order valence-electron chi connectivity index (χ4n) is 1.47. The van der Waals surface area contributed by atoms with E-state index in [4.69, 9.17) is 5.11 Å². The smallest absolute Gasteiger partial charge is 0.326 e. The second kappa shape index (κ2) is 8.36. The standard InChI is InChI=1S/C12H16N2O4S/c15-9-13-10(12(17)18)4-7-19-8-6-14-5-2-1-3-11(14)16/h1-3,5,9-10H,4,6-8H2,(H,13,15)(H,17,18). The van der Waals surface area contributed by atoms with Gasteiger partial charge < -0.3 is 15.0 Å². The Morgan fingerprint density at radius 1 is 1.47 bits per heavy atom. The molecule has 1 atom stereocenters. The molecule has 1 heterocycles. The maximum Gasteiger partial charge on any atom is 0.326 e. The van der Waals surface area contributed by atoms with Crippen molar-refractivity contribution in [2.45, 2.75) is 19.0 Å². The van der Waals surface area contributed by atoms with Crippen molar-refractivity contribution < 1.29 is 14.7 Å². The Labute approximate surface area is 114 Å². The molecule has 1 aromatic heterocycles. The first-order chi connectivity index (χ1) is 9.15. The highest BCUT2D eigenvalue weighted by Gasteiger charge is 2.15. The molecule has 1 unspecified atom stereocenters. The highest BCUT2D eigenvalue weighted by atomic mass is 32.2. The van der Waals surface area contributed by atoms with Gasteiger partial charge in [-0.25, -0.2) is 4.79 Å². The monoisotopic (exact) mass is 284 g/mol. The van der Waals surface area contributed by atoms with Crippen molar-refractivity contribution in [2.24, 2.45) is 0 Å². The lowest BCUT2D eigenvalue weighted by atomic mass is 10.2. The zero-order valence-electron chi connectivity index (χ0n) is 10.3. The van der Waals surface area contributed by atoms with Gasteiger partial charge in [-0.15, -0.1) is 0 Å². The molecular formula is C12H16N2O4S. The summed E-state index contributed by atoms with van der Waals surface area (Å²) in [5, 5.41) is 11.1. The number of hydrogen-bond donors (Lipinski definition) is 2. The number of carbonyl (C=O) groups is 2. The van der Waals surface area contributed by atoms with Crippen molar-refractivity contribution in [2.75, 3.05) is 11.5 Å². The fourth-order valence-corrected chi connectivity index (χ4v) is 2.40. The fraction of sp³-hybridized carbons (Fsp3) is 0.417. The maximum absolute atomic E-state index is 11.4. The topological polar surface area (TPSA) is 88.4 Å². The summed E-state index contributed by atoms with van der Waals surface area (Å²) in [6.07, 6.45) is 2.48. The first-order valence-corrected chi connectivity index (χ1v) is 6.96. The van der Waals surface area contributed by atoms with Gasteiger partial charge in [0, 0.05) is 24.6 Å². The van der Waals surface area contributed by atoms with E-state index in [-0.39, 0.29) is 5.56 Å². The number of carboxylic acid groups (broad SMARTS) is 1. The first kappa shape index (κ1) is 15.3. The molecule has 0 radical (unpaired) electrons. The summed E-state index contributed by atoms with van der Waals surface area (Å²) in [4.78, 5) is 32.3. The Balaban J connectivity index is 2.24. The number of aromatic nitrogens is 1. The highest BCUT2D eigenvalue weighted by Crippen LogP contribution is 2.05. The Bertz CT molecular complexity index is 475. The van der Waals surface area contributed by atoms with Crippen LogP contribution in [-0.2, 0) is 16.1 Å². The van der Waals surface area contributed by atoms with Gasteiger partial charge in [0.25, 0.3) is 5.56 Å². The summed E-state index contributed by atoms with van der Waals surface area (Å²) in [6, 6.07) is 4.14. The third-order valence-corrected chi connectivity index (χ3v) is 3.49. The summed E-state index contributed by atoms with van der Waals surface area (Å²) >= 11 is 1.55. The minimum absolute atomic E-state index is 0.0471. The van der Waals surface area contributed by atoms with Crippen molar-refractivity contribution in [3.05, 3.63) is 34.7 Å². The molecule has 0 spiro atoms. The summed E-state index contributed by atoms with van der Waals surface area (Å²) < 4.78 is 1.60. The molecule has 0 saturated carbocycles. The number of rotatable bonds is 9.